The molecule has 3 aromatic rings. The largest absolute Gasteiger partial charge is 0.380 e. The van der Waals surface area contributed by atoms with Crippen LogP contribution in [-0.4, -0.2) is 59.2 Å². The standard InChI is InChI=1S/C29H35BrN4O2/c1-19-26(16-20-7-8-22-17-23(30)10-9-21(22)15-20)31-18-32-28(19)29(35)34-13-11-24(12-14-34)33-25-5-3-4-6-27(25)36-2/h7-10,15,17-18,24-25,27,33H,3-6,11-14,16H2,1-2H3/t25-,27+/m1/s1. The van der Waals surface area contributed by atoms with Gasteiger partial charge in [0.2, 0.25) is 0 Å². The van der Waals surface area contributed by atoms with Crippen molar-refractivity contribution in [3.63, 3.8) is 0 Å². The van der Waals surface area contributed by atoms with Crippen LogP contribution in [-0.2, 0) is 11.2 Å². The predicted molar refractivity (Wildman–Crippen MR) is 146 cm³/mol. The molecule has 2 fully saturated rings. The highest BCUT2D eigenvalue weighted by atomic mass is 79.9. The third-order valence-corrected chi connectivity index (χ3v) is 8.36. The number of fused-ring (bicyclic) bond motifs is 1. The van der Waals surface area contributed by atoms with Gasteiger partial charge in [0.05, 0.1) is 11.8 Å². The van der Waals surface area contributed by atoms with E-state index < -0.39 is 0 Å². The molecule has 0 bridgehead atoms. The molecular weight excluding hydrogens is 516 g/mol. The summed E-state index contributed by atoms with van der Waals surface area (Å²) in [6, 6.07) is 13.6. The Morgan fingerprint density at radius 1 is 1.06 bits per heavy atom. The van der Waals surface area contributed by atoms with Gasteiger partial charge in [-0.15, -0.1) is 0 Å². The Labute approximate surface area is 222 Å². The molecule has 2 heterocycles. The third-order valence-electron chi connectivity index (χ3n) is 7.87. The smallest absolute Gasteiger partial charge is 0.272 e. The number of methoxy groups -OCH3 is 1. The van der Waals surface area contributed by atoms with E-state index in [1.807, 2.05) is 18.9 Å². The predicted octanol–water partition coefficient (Wildman–Crippen LogP) is 5.44. The van der Waals surface area contributed by atoms with Crippen LogP contribution in [0.25, 0.3) is 10.8 Å². The summed E-state index contributed by atoms with van der Waals surface area (Å²) < 4.78 is 6.79. The number of hydrogen-bond donors (Lipinski definition) is 1. The molecule has 2 aromatic carbocycles. The molecule has 36 heavy (non-hydrogen) atoms. The lowest BCUT2D eigenvalue weighted by Gasteiger charge is -2.38. The Morgan fingerprint density at radius 3 is 2.61 bits per heavy atom. The van der Waals surface area contributed by atoms with Crippen LogP contribution in [0.4, 0.5) is 0 Å². The molecule has 1 aliphatic heterocycles. The second-order valence-corrected chi connectivity index (χ2v) is 11.1. The topological polar surface area (TPSA) is 67.3 Å². The summed E-state index contributed by atoms with van der Waals surface area (Å²) in [6.45, 7) is 3.47. The van der Waals surface area contributed by atoms with Crippen LogP contribution in [0, 0.1) is 6.92 Å². The minimum absolute atomic E-state index is 0.0189. The third kappa shape index (κ3) is 5.63. The number of piperidine rings is 1. The first-order valence-corrected chi connectivity index (χ1v) is 13.9. The number of carbonyl (C=O) groups excluding carboxylic acids is 1. The maximum absolute atomic E-state index is 13.4. The van der Waals surface area contributed by atoms with Crippen molar-refractivity contribution in [2.24, 2.45) is 0 Å². The molecule has 5 rings (SSSR count). The molecule has 6 nitrogen and oxygen atoms in total. The van der Waals surface area contributed by atoms with Crippen LogP contribution < -0.4 is 5.32 Å². The fraction of sp³-hybridized carbons (Fsp3) is 0.483. The number of aromatic nitrogens is 2. The molecule has 1 aliphatic carbocycles. The number of rotatable bonds is 6. The van der Waals surface area contributed by atoms with Crippen molar-refractivity contribution >= 4 is 32.6 Å². The van der Waals surface area contributed by atoms with Gasteiger partial charge < -0.3 is 15.0 Å². The van der Waals surface area contributed by atoms with Gasteiger partial charge in [-0.1, -0.05) is 53.0 Å². The van der Waals surface area contributed by atoms with E-state index in [1.165, 1.54) is 41.9 Å². The van der Waals surface area contributed by atoms with Gasteiger partial charge in [0.15, 0.2) is 0 Å². The van der Waals surface area contributed by atoms with Crippen molar-refractivity contribution in [2.45, 2.75) is 70.1 Å². The summed E-state index contributed by atoms with van der Waals surface area (Å²) in [7, 11) is 1.82. The van der Waals surface area contributed by atoms with Crippen LogP contribution in [0.3, 0.4) is 0 Å². The average molecular weight is 552 g/mol. The fourth-order valence-electron chi connectivity index (χ4n) is 5.72. The van der Waals surface area contributed by atoms with E-state index in [2.05, 4.69) is 67.6 Å². The van der Waals surface area contributed by atoms with Crippen molar-refractivity contribution in [1.29, 1.82) is 0 Å². The SMILES string of the molecule is CO[C@H]1CCCC[C@H]1NC1CCN(C(=O)c2ncnc(Cc3ccc4cc(Br)ccc4c3)c2C)CC1. The summed E-state index contributed by atoms with van der Waals surface area (Å²) in [5.74, 6) is 0.0189. The normalized spacial score (nSPS) is 21.1. The van der Waals surface area contributed by atoms with Crippen LogP contribution in [0.5, 0.6) is 0 Å². The van der Waals surface area contributed by atoms with Gasteiger partial charge in [0.1, 0.15) is 12.0 Å². The number of nitrogens with zero attached hydrogens (tertiary/aromatic N) is 3. The average Bonchev–Trinajstić information content (AvgIpc) is 2.90. The summed E-state index contributed by atoms with van der Waals surface area (Å²) >= 11 is 3.54. The van der Waals surface area contributed by atoms with Gasteiger partial charge >= 0.3 is 0 Å². The monoisotopic (exact) mass is 550 g/mol. The Balaban J connectivity index is 1.23. The highest BCUT2D eigenvalue weighted by Gasteiger charge is 2.30. The first-order chi connectivity index (χ1) is 17.5. The lowest BCUT2D eigenvalue weighted by atomic mass is 9.90. The van der Waals surface area contributed by atoms with E-state index in [-0.39, 0.29) is 5.91 Å². The van der Waals surface area contributed by atoms with Crippen LogP contribution in [0.1, 0.15) is 65.8 Å². The lowest BCUT2D eigenvalue weighted by Crippen LogP contribution is -2.52. The molecule has 1 N–H and O–H groups in total. The molecule has 0 unspecified atom stereocenters. The molecule has 190 valence electrons. The molecule has 1 saturated carbocycles. The zero-order valence-electron chi connectivity index (χ0n) is 21.2. The van der Waals surface area contributed by atoms with Crippen molar-refractivity contribution in [3.8, 4) is 0 Å². The number of halogens is 1. The molecule has 1 amide bonds. The summed E-state index contributed by atoms with van der Waals surface area (Å²) in [4.78, 5) is 24.3. The van der Waals surface area contributed by atoms with Crippen LogP contribution in [0.2, 0.25) is 0 Å². The van der Waals surface area contributed by atoms with Crippen molar-refractivity contribution < 1.29 is 9.53 Å². The van der Waals surface area contributed by atoms with Crippen LogP contribution in [0.15, 0.2) is 47.2 Å². The Hall–Kier alpha value is -2.35. The number of benzene rings is 2. The highest BCUT2D eigenvalue weighted by Crippen LogP contribution is 2.25. The van der Waals surface area contributed by atoms with E-state index in [4.69, 9.17) is 4.74 Å². The Bertz CT molecular complexity index is 1230. The second-order valence-electron chi connectivity index (χ2n) is 10.2. The molecule has 7 heteroatoms. The summed E-state index contributed by atoms with van der Waals surface area (Å²) in [5.41, 5.74) is 3.49. The molecule has 0 radical (unpaired) electrons. The molecule has 1 saturated heterocycles. The maximum atomic E-state index is 13.4. The van der Waals surface area contributed by atoms with E-state index in [9.17, 15) is 4.79 Å². The fourth-order valence-corrected chi connectivity index (χ4v) is 6.10. The van der Waals surface area contributed by atoms with Crippen molar-refractivity contribution in [2.75, 3.05) is 20.2 Å². The van der Waals surface area contributed by atoms with E-state index in [0.29, 0.717) is 30.3 Å². The maximum Gasteiger partial charge on any atom is 0.272 e. The molecule has 2 aliphatic rings. The Morgan fingerprint density at radius 2 is 1.81 bits per heavy atom. The van der Waals surface area contributed by atoms with E-state index in [0.717, 1.165) is 48.1 Å². The van der Waals surface area contributed by atoms with Gasteiger partial charge in [0, 0.05) is 48.7 Å². The molecule has 0 spiro atoms. The van der Waals surface area contributed by atoms with Gasteiger partial charge in [0.25, 0.3) is 5.91 Å². The van der Waals surface area contributed by atoms with Gasteiger partial charge in [-0.2, -0.15) is 0 Å². The molecule has 1 aromatic heterocycles. The Kier molecular flexibility index (Phi) is 7.99. The summed E-state index contributed by atoms with van der Waals surface area (Å²) in [6.07, 6.45) is 9.28. The minimum atomic E-state index is 0.0189. The van der Waals surface area contributed by atoms with E-state index in [1.54, 1.807) is 0 Å². The zero-order valence-corrected chi connectivity index (χ0v) is 22.8. The number of carbonyl (C=O) groups is 1. The number of amides is 1. The first kappa shape index (κ1) is 25.3. The zero-order chi connectivity index (χ0) is 25.1. The number of hydrogen-bond acceptors (Lipinski definition) is 5. The lowest BCUT2D eigenvalue weighted by molar-refractivity contribution is 0.0329. The van der Waals surface area contributed by atoms with Crippen molar-refractivity contribution in [1.82, 2.24) is 20.2 Å². The van der Waals surface area contributed by atoms with Crippen LogP contribution >= 0.6 is 15.9 Å². The van der Waals surface area contributed by atoms with Gasteiger partial charge in [-0.25, -0.2) is 9.97 Å². The number of nitrogens with one attached hydrogen (secondary N) is 1. The second kappa shape index (κ2) is 11.4. The quantitative estimate of drug-likeness (QED) is 0.442. The van der Waals surface area contributed by atoms with E-state index >= 15 is 0 Å². The van der Waals surface area contributed by atoms with Gasteiger partial charge in [-0.3, -0.25) is 4.79 Å². The van der Waals surface area contributed by atoms with Crippen molar-refractivity contribution in [3.05, 3.63) is 69.7 Å². The highest BCUT2D eigenvalue weighted by molar-refractivity contribution is 9.10. The van der Waals surface area contributed by atoms with Gasteiger partial charge in [-0.05, 0) is 61.1 Å². The first-order valence-electron chi connectivity index (χ1n) is 13.1. The minimum Gasteiger partial charge on any atom is -0.380 e. The molecular formula is C29H35BrN4O2. The number of likely N-dealkylation sites (tertiary alicyclic amines) is 1. The molecule has 2 atom stereocenters. The number of ether oxygens (including phenoxy) is 1. The summed E-state index contributed by atoms with van der Waals surface area (Å²) in [5, 5.41) is 6.22.